The second-order valence-corrected chi connectivity index (χ2v) is 10.0. The molecule has 0 aliphatic carbocycles. The summed E-state index contributed by atoms with van der Waals surface area (Å²) >= 11 is 6.78. The van der Waals surface area contributed by atoms with Crippen LogP contribution in [-0.4, -0.2) is 75.9 Å². The average Bonchev–Trinajstić information content (AvgIpc) is 3.67. The summed E-state index contributed by atoms with van der Waals surface area (Å²) in [7, 11) is 2.79. The maximum atomic E-state index is 13.6. The van der Waals surface area contributed by atoms with Gasteiger partial charge in [-0.05, 0) is 57.8 Å². The SMILES string of the molecule is COc1c(Br)c(C(=O)O)c(-c2c3c(c(OC)c(Br)c2C(=O)ONCCN2CCCC2)OCO3)c2c1OCO2. The number of rotatable bonds is 9. The van der Waals surface area contributed by atoms with Crippen LogP contribution >= 0.6 is 31.9 Å². The fraction of sp³-hybridized carbons (Fsp3) is 0.417. The molecule has 38 heavy (non-hydrogen) atoms. The van der Waals surface area contributed by atoms with Crippen LogP contribution in [0.4, 0.5) is 0 Å². The van der Waals surface area contributed by atoms with Gasteiger partial charge in [0.25, 0.3) is 0 Å². The summed E-state index contributed by atoms with van der Waals surface area (Å²) in [6, 6.07) is 0. The zero-order chi connectivity index (χ0) is 27.0. The van der Waals surface area contributed by atoms with Gasteiger partial charge in [-0.15, -0.1) is 0 Å². The number of hydroxylamine groups is 1. The van der Waals surface area contributed by atoms with Gasteiger partial charge >= 0.3 is 11.9 Å². The molecule has 0 atom stereocenters. The van der Waals surface area contributed by atoms with E-state index in [1.807, 2.05) is 0 Å². The quantitative estimate of drug-likeness (QED) is 0.299. The number of nitrogens with one attached hydrogen (secondary N) is 1. The summed E-state index contributed by atoms with van der Waals surface area (Å²) in [5.74, 6) is -1.30. The fourth-order valence-electron chi connectivity index (χ4n) is 4.75. The minimum atomic E-state index is -1.31. The number of nitrogens with zero attached hydrogens (tertiary/aromatic N) is 1. The molecule has 1 saturated heterocycles. The van der Waals surface area contributed by atoms with Gasteiger partial charge in [0.2, 0.25) is 25.1 Å². The number of likely N-dealkylation sites (tertiary alicyclic amines) is 1. The van der Waals surface area contributed by atoms with Crippen molar-refractivity contribution in [2.75, 3.05) is 54.0 Å². The summed E-state index contributed by atoms with van der Waals surface area (Å²) in [6.07, 6.45) is 2.29. The van der Waals surface area contributed by atoms with Crippen LogP contribution < -0.4 is 33.9 Å². The van der Waals surface area contributed by atoms with Crippen LogP contribution in [0.3, 0.4) is 0 Å². The zero-order valence-corrected chi connectivity index (χ0v) is 23.7. The molecule has 0 spiro atoms. The molecule has 3 aliphatic heterocycles. The van der Waals surface area contributed by atoms with Crippen LogP contribution in [0.5, 0.6) is 34.5 Å². The first-order chi connectivity index (χ1) is 18.4. The van der Waals surface area contributed by atoms with E-state index >= 15 is 0 Å². The van der Waals surface area contributed by atoms with Gasteiger partial charge in [-0.1, -0.05) is 0 Å². The van der Waals surface area contributed by atoms with E-state index in [9.17, 15) is 14.7 Å². The average molecular weight is 660 g/mol. The van der Waals surface area contributed by atoms with Gasteiger partial charge in [-0.3, -0.25) is 0 Å². The summed E-state index contributed by atoms with van der Waals surface area (Å²) in [5, 5.41) is 10.3. The van der Waals surface area contributed by atoms with Gasteiger partial charge in [-0.2, -0.15) is 5.48 Å². The third kappa shape index (κ3) is 4.48. The third-order valence-electron chi connectivity index (χ3n) is 6.40. The number of ether oxygens (including phenoxy) is 6. The van der Waals surface area contributed by atoms with Crippen molar-refractivity contribution in [3.8, 4) is 45.6 Å². The Morgan fingerprint density at radius 3 is 1.89 bits per heavy atom. The van der Waals surface area contributed by atoms with Crippen molar-refractivity contribution in [3.63, 3.8) is 0 Å². The maximum Gasteiger partial charge on any atom is 0.358 e. The molecule has 14 heteroatoms. The van der Waals surface area contributed by atoms with Crippen LogP contribution in [0.2, 0.25) is 0 Å². The number of hydrogen-bond acceptors (Lipinski definition) is 11. The molecule has 1 fully saturated rings. The van der Waals surface area contributed by atoms with Crippen molar-refractivity contribution in [3.05, 3.63) is 20.1 Å². The number of carbonyl (C=O) groups excluding carboxylic acids is 1. The molecule has 0 saturated carbocycles. The molecular weight excluding hydrogens is 636 g/mol. The molecule has 5 rings (SSSR count). The maximum absolute atomic E-state index is 13.6. The molecule has 0 aromatic heterocycles. The largest absolute Gasteiger partial charge is 0.492 e. The molecule has 3 aliphatic rings. The van der Waals surface area contributed by atoms with Gasteiger partial charge in [0.1, 0.15) is 0 Å². The number of methoxy groups -OCH3 is 2. The van der Waals surface area contributed by atoms with E-state index in [2.05, 4.69) is 42.2 Å². The highest BCUT2D eigenvalue weighted by atomic mass is 79.9. The number of halogens is 2. The number of fused-ring (bicyclic) bond motifs is 2. The normalized spacial score (nSPS) is 15.6. The van der Waals surface area contributed by atoms with Crippen LogP contribution in [-0.2, 0) is 4.84 Å². The predicted octanol–water partition coefficient (Wildman–Crippen LogP) is 3.81. The summed E-state index contributed by atoms with van der Waals surface area (Å²) in [6.45, 7) is 2.74. The van der Waals surface area contributed by atoms with Gasteiger partial charge in [0.05, 0.1) is 34.3 Å². The molecule has 2 aromatic rings. The zero-order valence-electron chi connectivity index (χ0n) is 20.5. The number of aromatic carboxylic acids is 1. The smallest absolute Gasteiger partial charge is 0.358 e. The molecule has 2 N–H and O–H groups in total. The lowest BCUT2D eigenvalue weighted by molar-refractivity contribution is 0.0238. The molecule has 0 amide bonds. The second-order valence-electron chi connectivity index (χ2n) is 8.46. The summed E-state index contributed by atoms with van der Waals surface area (Å²) < 4.78 is 33.9. The van der Waals surface area contributed by atoms with Gasteiger partial charge in [0, 0.05) is 24.2 Å². The minimum Gasteiger partial charge on any atom is -0.492 e. The van der Waals surface area contributed by atoms with Gasteiger partial charge < -0.3 is 43.3 Å². The van der Waals surface area contributed by atoms with Crippen LogP contribution in [0.15, 0.2) is 8.95 Å². The van der Waals surface area contributed by atoms with Crippen molar-refractivity contribution in [1.29, 1.82) is 0 Å². The molecule has 0 bridgehead atoms. The number of carboxylic acids is 1. The van der Waals surface area contributed by atoms with Gasteiger partial charge in [0.15, 0.2) is 23.0 Å². The number of hydrogen-bond donors (Lipinski definition) is 2. The van der Waals surface area contributed by atoms with Crippen molar-refractivity contribution in [2.45, 2.75) is 12.8 Å². The first-order valence-corrected chi connectivity index (χ1v) is 13.3. The van der Waals surface area contributed by atoms with Crippen molar-refractivity contribution < 1.29 is 48.0 Å². The molecule has 0 unspecified atom stereocenters. The van der Waals surface area contributed by atoms with E-state index in [0.29, 0.717) is 13.1 Å². The second kappa shape index (κ2) is 11.0. The molecule has 3 heterocycles. The highest BCUT2D eigenvalue weighted by Crippen LogP contribution is 2.60. The molecule has 12 nitrogen and oxygen atoms in total. The summed E-state index contributed by atoms with van der Waals surface area (Å²) in [5.41, 5.74) is 2.51. The van der Waals surface area contributed by atoms with Crippen molar-refractivity contribution in [1.82, 2.24) is 10.4 Å². The Morgan fingerprint density at radius 1 is 0.868 bits per heavy atom. The van der Waals surface area contributed by atoms with E-state index in [0.717, 1.165) is 25.9 Å². The molecular formula is C24H24Br2N2O10. The monoisotopic (exact) mass is 658 g/mol. The lowest BCUT2D eigenvalue weighted by Crippen LogP contribution is -2.31. The molecule has 204 valence electrons. The van der Waals surface area contributed by atoms with E-state index in [1.54, 1.807) is 0 Å². The van der Waals surface area contributed by atoms with E-state index < -0.39 is 11.9 Å². The standard InChI is InChI=1S/C24H24Br2N2O10/c1-32-19-15(25)13(23(29)30)11(17-21(19)36-9-34-17)12-14(16(26)20(33-2)22-18(12)35-10-37-22)24(31)38-27-5-8-28-6-3-4-7-28/h27H,3-10H2,1-2H3,(H,29,30). The van der Waals surface area contributed by atoms with E-state index in [-0.39, 0.29) is 79.3 Å². The lowest BCUT2D eigenvalue weighted by Gasteiger charge is -2.21. The van der Waals surface area contributed by atoms with Crippen LogP contribution in [0, 0.1) is 0 Å². The molecule has 2 aromatic carbocycles. The lowest BCUT2D eigenvalue weighted by atomic mass is 9.91. The Morgan fingerprint density at radius 2 is 1.37 bits per heavy atom. The summed E-state index contributed by atoms with van der Waals surface area (Å²) in [4.78, 5) is 33.9. The Balaban J connectivity index is 1.67. The topological polar surface area (TPSA) is 134 Å². The molecule has 0 radical (unpaired) electrons. The van der Waals surface area contributed by atoms with Crippen LogP contribution in [0.1, 0.15) is 33.6 Å². The van der Waals surface area contributed by atoms with Crippen molar-refractivity contribution in [2.24, 2.45) is 0 Å². The van der Waals surface area contributed by atoms with Crippen LogP contribution in [0.25, 0.3) is 11.1 Å². The van der Waals surface area contributed by atoms with Crippen molar-refractivity contribution >= 4 is 43.8 Å². The third-order valence-corrected chi connectivity index (χ3v) is 7.91. The van der Waals surface area contributed by atoms with E-state index in [1.165, 1.54) is 14.2 Å². The Labute approximate surface area is 234 Å². The number of carboxylic acid groups (broad SMARTS) is 1. The Bertz CT molecular complexity index is 1300. The van der Waals surface area contributed by atoms with E-state index in [4.69, 9.17) is 33.3 Å². The predicted molar refractivity (Wildman–Crippen MR) is 139 cm³/mol. The fourth-order valence-corrected chi connectivity index (χ4v) is 6.16. The highest BCUT2D eigenvalue weighted by molar-refractivity contribution is 9.11. The number of carbonyl (C=O) groups is 2. The first kappa shape index (κ1) is 26.7. The minimum absolute atomic E-state index is 0.0202. The Hall–Kier alpha value is -2.94. The Kier molecular flexibility index (Phi) is 7.75. The highest BCUT2D eigenvalue weighted by Gasteiger charge is 2.41. The van der Waals surface area contributed by atoms with Gasteiger partial charge in [-0.25, -0.2) is 9.59 Å². The first-order valence-electron chi connectivity index (χ1n) is 11.7. The number of benzene rings is 2.